The highest BCUT2D eigenvalue weighted by atomic mass is 32.1. The van der Waals surface area contributed by atoms with Gasteiger partial charge in [-0.1, -0.05) is 20.8 Å². The quantitative estimate of drug-likeness (QED) is 0.876. The molecule has 0 radical (unpaired) electrons. The largest absolute Gasteiger partial charge is 0.375 e. The highest BCUT2D eigenvalue weighted by molar-refractivity contribution is 7.15. The van der Waals surface area contributed by atoms with Gasteiger partial charge in [0.2, 0.25) is 0 Å². The first-order valence-electron chi connectivity index (χ1n) is 7.66. The number of morpholine rings is 1. The van der Waals surface area contributed by atoms with Gasteiger partial charge in [-0.15, -0.1) is 11.3 Å². The predicted octanol–water partition coefficient (Wildman–Crippen LogP) is 2.68. The van der Waals surface area contributed by atoms with Crippen molar-refractivity contribution in [3.63, 3.8) is 0 Å². The van der Waals surface area contributed by atoms with Crippen molar-refractivity contribution in [1.82, 2.24) is 10.3 Å². The summed E-state index contributed by atoms with van der Waals surface area (Å²) in [4.78, 5) is 8.59. The van der Waals surface area contributed by atoms with E-state index < -0.39 is 0 Å². The summed E-state index contributed by atoms with van der Waals surface area (Å²) in [6.45, 7) is 13.5. The molecule has 0 spiro atoms. The minimum atomic E-state index is 0.306. The first-order chi connectivity index (χ1) is 9.60. The Labute approximate surface area is 126 Å². The van der Waals surface area contributed by atoms with Crippen LogP contribution in [0.25, 0.3) is 0 Å². The first-order valence-corrected chi connectivity index (χ1v) is 8.47. The highest BCUT2D eigenvalue weighted by Crippen LogP contribution is 2.28. The van der Waals surface area contributed by atoms with E-state index in [1.807, 2.05) is 11.3 Å². The van der Waals surface area contributed by atoms with Crippen molar-refractivity contribution >= 4 is 16.5 Å². The molecule has 0 aliphatic carbocycles. The van der Waals surface area contributed by atoms with Crippen LogP contribution in [0, 0.1) is 5.92 Å². The van der Waals surface area contributed by atoms with Gasteiger partial charge in [-0.3, -0.25) is 0 Å². The lowest BCUT2D eigenvalue weighted by molar-refractivity contribution is 0.0532. The maximum absolute atomic E-state index is 5.61. The lowest BCUT2D eigenvalue weighted by Gasteiger charge is -2.30. The summed E-state index contributed by atoms with van der Waals surface area (Å²) in [7, 11) is 0. The van der Waals surface area contributed by atoms with Crippen molar-refractivity contribution in [2.45, 2.75) is 46.8 Å². The Morgan fingerprint density at radius 2 is 2.30 bits per heavy atom. The number of aromatic nitrogens is 1. The van der Waals surface area contributed by atoms with Crippen LogP contribution in [0.3, 0.4) is 0 Å². The van der Waals surface area contributed by atoms with Gasteiger partial charge in [0.25, 0.3) is 0 Å². The van der Waals surface area contributed by atoms with Crippen molar-refractivity contribution in [3.05, 3.63) is 10.6 Å². The molecule has 1 unspecified atom stereocenters. The molecule has 1 aliphatic rings. The van der Waals surface area contributed by atoms with E-state index in [9.17, 15) is 0 Å². The summed E-state index contributed by atoms with van der Waals surface area (Å²) in [5, 5.41) is 4.69. The normalized spacial score (nSPS) is 19.9. The molecule has 1 aromatic rings. The predicted molar refractivity (Wildman–Crippen MR) is 85.7 cm³/mol. The molecular weight excluding hydrogens is 270 g/mol. The number of aryl methyl sites for hydroxylation is 1. The molecule has 2 heterocycles. The third-order valence-electron chi connectivity index (χ3n) is 3.45. The summed E-state index contributed by atoms with van der Waals surface area (Å²) in [5.74, 6) is 0.688. The van der Waals surface area contributed by atoms with E-state index in [1.54, 1.807) is 0 Å². The Kier molecular flexibility index (Phi) is 5.81. The fourth-order valence-corrected chi connectivity index (χ4v) is 3.54. The molecule has 0 aromatic carbocycles. The number of rotatable bonds is 6. The molecule has 0 bridgehead atoms. The summed E-state index contributed by atoms with van der Waals surface area (Å²) in [5.41, 5.74) is 1.25. The van der Waals surface area contributed by atoms with Crippen molar-refractivity contribution in [3.8, 4) is 0 Å². The van der Waals surface area contributed by atoms with E-state index in [1.165, 1.54) is 15.7 Å². The van der Waals surface area contributed by atoms with Gasteiger partial charge in [0.05, 0.1) is 18.4 Å². The Balaban J connectivity index is 2.01. The van der Waals surface area contributed by atoms with Crippen LogP contribution in [0.4, 0.5) is 5.13 Å². The molecule has 1 N–H and O–H groups in total. The van der Waals surface area contributed by atoms with E-state index in [0.717, 1.165) is 39.2 Å². The lowest BCUT2D eigenvalue weighted by atomic mass is 10.2. The molecule has 5 heteroatoms. The van der Waals surface area contributed by atoms with E-state index >= 15 is 0 Å². The second-order valence-corrected chi connectivity index (χ2v) is 6.93. The first kappa shape index (κ1) is 15.7. The second kappa shape index (κ2) is 7.38. The third kappa shape index (κ3) is 4.17. The number of anilines is 1. The van der Waals surface area contributed by atoms with Crippen molar-refractivity contribution < 1.29 is 4.74 Å². The maximum atomic E-state index is 5.61. The van der Waals surface area contributed by atoms with E-state index in [0.29, 0.717) is 12.0 Å². The van der Waals surface area contributed by atoms with Gasteiger partial charge < -0.3 is 15.0 Å². The standard InChI is InChI=1S/C15H27N3OS/c1-5-13-14(9-16-8-11(2)3)20-15(17-13)18-6-7-19-12(4)10-18/h11-12,16H,5-10H2,1-4H3. The van der Waals surface area contributed by atoms with Crippen LogP contribution < -0.4 is 10.2 Å². The third-order valence-corrected chi connectivity index (χ3v) is 4.61. The maximum Gasteiger partial charge on any atom is 0.185 e. The SMILES string of the molecule is CCc1nc(N2CCOC(C)C2)sc1CNCC(C)C. The molecule has 1 saturated heterocycles. The minimum Gasteiger partial charge on any atom is -0.375 e. The summed E-state index contributed by atoms with van der Waals surface area (Å²) in [6, 6.07) is 0. The number of ether oxygens (including phenoxy) is 1. The number of hydrogen-bond donors (Lipinski definition) is 1. The lowest BCUT2D eigenvalue weighted by Crippen LogP contribution is -2.41. The van der Waals surface area contributed by atoms with Crippen molar-refractivity contribution in [2.75, 3.05) is 31.1 Å². The molecular formula is C15H27N3OS. The van der Waals surface area contributed by atoms with Gasteiger partial charge in [0.15, 0.2) is 5.13 Å². The molecule has 0 amide bonds. The summed E-state index contributed by atoms with van der Waals surface area (Å²) in [6.07, 6.45) is 1.31. The molecule has 2 rings (SSSR count). The van der Waals surface area contributed by atoms with E-state index in [-0.39, 0.29) is 0 Å². The van der Waals surface area contributed by atoms with Crippen LogP contribution in [-0.4, -0.2) is 37.3 Å². The number of hydrogen-bond acceptors (Lipinski definition) is 5. The highest BCUT2D eigenvalue weighted by Gasteiger charge is 2.21. The smallest absolute Gasteiger partial charge is 0.185 e. The number of nitrogens with one attached hydrogen (secondary N) is 1. The fraction of sp³-hybridized carbons (Fsp3) is 0.800. The fourth-order valence-electron chi connectivity index (χ4n) is 2.39. The zero-order valence-corrected chi connectivity index (χ0v) is 13.9. The van der Waals surface area contributed by atoms with Crippen LogP contribution in [0.1, 0.15) is 38.3 Å². The monoisotopic (exact) mass is 297 g/mol. The summed E-state index contributed by atoms with van der Waals surface area (Å²) >= 11 is 1.84. The van der Waals surface area contributed by atoms with Gasteiger partial charge in [-0.2, -0.15) is 0 Å². The zero-order chi connectivity index (χ0) is 14.5. The molecule has 1 aromatic heterocycles. The molecule has 0 saturated carbocycles. The molecule has 1 atom stereocenters. The van der Waals surface area contributed by atoms with Crippen LogP contribution >= 0.6 is 11.3 Å². The molecule has 4 nitrogen and oxygen atoms in total. The molecule has 1 fully saturated rings. The zero-order valence-electron chi connectivity index (χ0n) is 13.1. The van der Waals surface area contributed by atoms with Gasteiger partial charge in [-0.25, -0.2) is 4.98 Å². The Hall–Kier alpha value is -0.650. The minimum absolute atomic E-state index is 0.306. The van der Waals surface area contributed by atoms with Gasteiger partial charge in [0, 0.05) is 24.5 Å². The van der Waals surface area contributed by atoms with Crippen molar-refractivity contribution in [2.24, 2.45) is 5.92 Å². The van der Waals surface area contributed by atoms with Crippen LogP contribution in [0.2, 0.25) is 0 Å². The Morgan fingerprint density at radius 3 is 2.95 bits per heavy atom. The molecule has 114 valence electrons. The Bertz CT molecular complexity index is 419. The van der Waals surface area contributed by atoms with Crippen LogP contribution in [-0.2, 0) is 17.7 Å². The van der Waals surface area contributed by atoms with E-state index in [4.69, 9.17) is 9.72 Å². The average molecular weight is 297 g/mol. The van der Waals surface area contributed by atoms with Gasteiger partial charge >= 0.3 is 0 Å². The average Bonchev–Trinajstić information content (AvgIpc) is 2.81. The number of nitrogens with zero attached hydrogens (tertiary/aromatic N) is 2. The van der Waals surface area contributed by atoms with E-state index in [2.05, 4.69) is 37.9 Å². The Morgan fingerprint density at radius 1 is 1.50 bits per heavy atom. The summed E-state index contributed by atoms with van der Waals surface area (Å²) < 4.78 is 5.61. The topological polar surface area (TPSA) is 37.4 Å². The van der Waals surface area contributed by atoms with Crippen LogP contribution in [0.5, 0.6) is 0 Å². The second-order valence-electron chi connectivity index (χ2n) is 5.87. The van der Waals surface area contributed by atoms with Gasteiger partial charge in [0.1, 0.15) is 0 Å². The number of thiazole rings is 1. The molecule has 1 aliphatic heterocycles. The van der Waals surface area contributed by atoms with Gasteiger partial charge in [-0.05, 0) is 25.8 Å². The molecule has 20 heavy (non-hydrogen) atoms. The van der Waals surface area contributed by atoms with Crippen molar-refractivity contribution in [1.29, 1.82) is 0 Å². The van der Waals surface area contributed by atoms with Crippen LogP contribution in [0.15, 0.2) is 0 Å².